The molecule has 1 amide bonds. The van der Waals surface area contributed by atoms with Crippen molar-refractivity contribution in [2.45, 2.75) is 30.8 Å². The fourth-order valence-corrected chi connectivity index (χ4v) is 6.22. The molecule has 13 nitrogen and oxygen atoms in total. The molecule has 1 aliphatic heterocycles. The third-order valence-corrected chi connectivity index (χ3v) is 8.76. The second-order valence-corrected chi connectivity index (χ2v) is 12.6. The molecule has 2 heterocycles. The van der Waals surface area contributed by atoms with Crippen molar-refractivity contribution in [1.29, 1.82) is 0 Å². The zero-order valence-corrected chi connectivity index (χ0v) is 26.4. The standard InChI is InChI=1S/C29H36F2N6O7S/c1-18(17-42-4)32-25-15-21(44-11-10-35(2)3)6-7-23(25)28(38)33-27-24-16-36(9-8-26(24)37(34-27)29(39)43-5)45(40,41)22-13-19(30)12-20(31)14-22/h6-7,12-15,18,32H,8-11,16-17H2,1-5H3,(H,33,34,38). The molecule has 0 aliphatic carbocycles. The fourth-order valence-electron chi connectivity index (χ4n) is 4.77. The van der Waals surface area contributed by atoms with Crippen LogP contribution in [0.15, 0.2) is 41.3 Å². The summed E-state index contributed by atoms with van der Waals surface area (Å²) >= 11 is 0. The average molecular weight is 651 g/mol. The van der Waals surface area contributed by atoms with E-state index in [0.29, 0.717) is 43.0 Å². The van der Waals surface area contributed by atoms with Gasteiger partial charge < -0.3 is 29.7 Å². The zero-order chi connectivity index (χ0) is 32.9. The van der Waals surface area contributed by atoms with Crippen LogP contribution in [-0.4, -0.2) is 100 Å². The molecule has 1 aromatic heterocycles. The van der Waals surface area contributed by atoms with Gasteiger partial charge >= 0.3 is 6.09 Å². The lowest BCUT2D eigenvalue weighted by molar-refractivity contribution is 0.102. The van der Waals surface area contributed by atoms with Crippen molar-refractivity contribution in [3.63, 3.8) is 0 Å². The molecule has 2 N–H and O–H groups in total. The largest absolute Gasteiger partial charge is 0.492 e. The minimum absolute atomic E-state index is 0.00462. The summed E-state index contributed by atoms with van der Waals surface area (Å²) in [6, 6.07) is 6.74. The number of anilines is 2. The first-order chi connectivity index (χ1) is 21.3. The van der Waals surface area contributed by atoms with Gasteiger partial charge in [-0.1, -0.05) is 0 Å². The molecule has 1 atom stereocenters. The number of ether oxygens (including phenoxy) is 3. The van der Waals surface area contributed by atoms with Crippen LogP contribution in [-0.2, 0) is 32.5 Å². The first kappa shape index (κ1) is 33.8. The number of methoxy groups -OCH3 is 2. The number of likely N-dealkylation sites (N-methyl/N-ethyl adjacent to an activating group) is 1. The molecule has 2 aromatic carbocycles. The van der Waals surface area contributed by atoms with Crippen molar-refractivity contribution in [3.05, 3.63) is 64.9 Å². The van der Waals surface area contributed by atoms with E-state index in [4.69, 9.17) is 14.2 Å². The van der Waals surface area contributed by atoms with Gasteiger partial charge in [0.1, 0.15) is 24.0 Å². The maximum absolute atomic E-state index is 13.9. The molecule has 0 radical (unpaired) electrons. The van der Waals surface area contributed by atoms with Gasteiger partial charge in [-0.2, -0.15) is 8.99 Å². The molecule has 0 saturated carbocycles. The van der Waals surface area contributed by atoms with Crippen LogP contribution < -0.4 is 15.4 Å². The van der Waals surface area contributed by atoms with Crippen molar-refractivity contribution in [3.8, 4) is 5.75 Å². The van der Waals surface area contributed by atoms with Crippen molar-refractivity contribution in [2.24, 2.45) is 0 Å². The second-order valence-electron chi connectivity index (χ2n) is 10.7. The molecule has 0 saturated heterocycles. The Morgan fingerprint density at radius 1 is 1.11 bits per heavy atom. The number of hydrogen-bond acceptors (Lipinski definition) is 10. The third-order valence-electron chi connectivity index (χ3n) is 6.94. The summed E-state index contributed by atoms with van der Waals surface area (Å²) < 4.78 is 72.3. The predicted octanol–water partition coefficient (Wildman–Crippen LogP) is 3.16. The molecule has 1 aliphatic rings. The predicted molar refractivity (Wildman–Crippen MR) is 161 cm³/mol. The quantitative estimate of drug-likeness (QED) is 0.300. The zero-order valence-electron chi connectivity index (χ0n) is 25.6. The first-order valence-corrected chi connectivity index (χ1v) is 15.4. The van der Waals surface area contributed by atoms with Crippen molar-refractivity contribution >= 4 is 33.5 Å². The minimum Gasteiger partial charge on any atom is -0.492 e. The summed E-state index contributed by atoms with van der Waals surface area (Å²) in [6.45, 7) is 2.87. The molecule has 244 valence electrons. The molecule has 45 heavy (non-hydrogen) atoms. The van der Waals surface area contributed by atoms with E-state index in [1.807, 2.05) is 25.9 Å². The smallest absolute Gasteiger partial charge is 0.434 e. The Labute approximate surface area is 260 Å². The summed E-state index contributed by atoms with van der Waals surface area (Å²) in [5.41, 5.74) is 1.21. The summed E-state index contributed by atoms with van der Waals surface area (Å²) in [4.78, 5) is 27.6. The average Bonchev–Trinajstić information content (AvgIpc) is 3.33. The van der Waals surface area contributed by atoms with Crippen molar-refractivity contribution < 1.29 is 41.0 Å². The van der Waals surface area contributed by atoms with E-state index in [-0.39, 0.29) is 42.5 Å². The van der Waals surface area contributed by atoms with Gasteiger partial charge in [-0.25, -0.2) is 22.0 Å². The van der Waals surface area contributed by atoms with E-state index >= 15 is 0 Å². The van der Waals surface area contributed by atoms with Gasteiger partial charge in [-0.05, 0) is 45.3 Å². The number of sulfonamides is 1. The number of benzene rings is 2. The number of nitrogens with one attached hydrogen (secondary N) is 2. The van der Waals surface area contributed by atoms with E-state index in [2.05, 4.69) is 15.7 Å². The number of aromatic nitrogens is 2. The molecule has 0 fully saturated rings. The van der Waals surface area contributed by atoms with Crippen molar-refractivity contribution in [2.75, 3.05) is 65.3 Å². The monoisotopic (exact) mass is 650 g/mol. The Balaban J connectivity index is 1.67. The maximum Gasteiger partial charge on any atom is 0.434 e. The highest BCUT2D eigenvalue weighted by Crippen LogP contribution is 2.32. The fraction of sp³-hybridized carbons (Fsp3) is 0.414. The van der Waals surface area contributed by atoms with Gasteiger partial charge in [0.25, 0.3) is 5.91 Å². The summed E-state index contributed by atoms with van der Waals surface area (Å²) in [6.07, 6.45) is -0.838. The highest BCUT2D eigenvalue weighted by atomic mass is 32.2. The molecular formula is C29H36F2N6O7S. The van der Waals surface area contributed by atoms with Crippen LogP contribution in [0.5, 0.6) is 5.75 Å². The summed E-state index contributed by atoms with van der Waals surface area (Å²) in [5, 5.41) is 10.2. The Bertz CT molecular complexity index is 1640. The number of halogens is 2. The number of hydrogen-bond donors (Lipinski definition) is 2. The number of carbonyl (C=O) groups excluding carboxylic acids is 2. The van der Waals surface area contributed by atoms with Crippen LogP contribution in [0.3, 0.4) is 0 Å². The first-order valence-electron chi connectivity index (χ1n) is 14.0. The highest BCUT2D eigenvalue weighted by Gasteiger charge is 2.35. The van der Waals surface area contributed by atoms with Gasteiger partial charge in [-0.3, -0.25) is 4.79 Å². The number of fused-ring (bicyclic) bond motifs is 1. The lowest BCUT2D eigenvalue weighted by Crippen LogP contribution is -2.37. The van der Waals surface area contributed by atoms with Crippen LogP contribution in [0.4, 0.5) is 25.1 Å². The lowest BCUT2D eigenvalue weighted by atomic mass is 10.1. The van der Waals surface area contributed by atoms with Gasteiger partial charge in [0.15, 0.2) is 5.82 Å². The SMILES string of the molecule is COCC(C)Nc1cc(OCCN(C)C)ccc1C(=O)Nc1nn(C(=O)OC)c2c1CN(S(=O)(=O)c1cc(F)cc(F)c1)CC2. The number of carbonyl (C=O) groups is 2. The summed E-state index contributed by atoms with van der Waals surface area (Å²) in [7, 11) is 2.21. The molecule has 3 aromatic rings. The third kappa shape index (κ3) is 7.94. The molecule has 1 unspecified atom stereocenters. The van der Waals surface area contributed by atoms with Crippen LogP contribution in [0.2, 0.25) is 0 Å². The van der Waals surface area contributed by atoms with Gasteiger partial charge in [-0.15, -0.1) is 5.10 Å². The Hall–Kier alpha value is -4.12. The second kappa shape index (κ2) is 14.3. The Morgan fingerprint density at radius 2 is 1.82 bits per heavy atom. The van der Waals surface area contributed by atoms with E-state index in [1.54, 1.807) is 25.3 Å². The van der Waals surface area contributed by atoms with Crippen LogP contribution in [0, 0.1) is 11.6 Å². The Morgan fingerprint density at radius 3 is 2.47 bits per heavy atom. The van der Waals surface area contributed by atoms with E-state index < -0.39 is 38.6 Å². The molecule has 16 heteroatoms. The summed E-state index contributed by atoms with van der Waals surface area (Å²) in [5.74, 6) is -2.24. The maximum atomic E-state index is 13.9. The Kier molecular flexibility index (Phi) is 10.7. The van der Waals surface area contributed by atoms with Crippen LogP contribution in [0.1, 0.15) is 28.5 Å². The normalized spacial score (nSPS) is 14.1. The van der Waals surface area contributed by atoms with E-state index in [1.165, 1.54) is 0 Å². The van der Waals surface area contributed by atoms with Crippen molar-refractivity contribution in [1.82, 2.24) is 19.0 Å². The van der Waals surface area contributed by atoms with Crippen LogP contribution >= 0.6 is 0 Å². The number of rotatable bonds is 12. The van der Waals surface area contributed by atoms with E-state index in [0.717, 1.165) is 28.2 Å². The van der Waals surface area contributed by atoms with Crippen LogP contribution in [0.25, 0.3) is 0 Å². The molecule has 0 spiro atoms. The molecular weight excluding hydrogens is 614 g/mol. The number of amides is 1. The van der Waals surface area contributed by atoms with Gasteiger partial charge in [0, 0.05) is 56.9 Å². The number of nitrogens with zero attached hydrogens (tertiary/aromatic N) is 4. The molecule has 0 bridgehead atoms. The highest BCUT2D eigenvalue weighted by molar-refractivity contribution is 7.89. The van der Waals surface area contributed by atoms with E-state index in [9.17, 15) is 26.8 Å². The topological polar surface area (TPSA) is 144 Å². The molecule has 4 rings (SSSR count). The minimum atomic E-state index is -4.36. The van der Waals surface area contributed by atoms with Gasteiger partial charge in [0.05, 0.1) is 35.6 Å². The van der Waals surface area contributed by atoms with Gasteiger partial charge in [0.2, 0.25) is 10.0 Å². The lowest BCUT2D eigenvalue weighted by Gasteiger charge is -2.27.